The van der Waals surface area contributed by atoms with Gasteiger partial charge in [0.15, 0.2) is 0 Å². The molecule has 0 aliphatic carbocycles. The number of benzene rings is 1. The molecule has 0 aromatic heterocycles. The van der Waals surface area contributed by atoms with Crippen LogP contribution in [0.3, 0.4) is 0 Å². The Kier molecular flexibility index (Phi) is 4.67. The van der Waals surface area contributed by atoms with E-state index in [1.165, 1.54) is 23.5 Å². The molecule has 1 aromatic carbocycles. The number of rotatable bonds is 5. The molecule has 1 rings (SSSR count). The molecule has 0 saturated heterocycles. The molecular weight excluding hydrogens is 252 g/mol. The van der Waals surface area contributed by atoms with Crippen molar-refractivity contribution >= 4 is 15.7 Å². The molecule has 1 aromatic rings. The molecule has 18 heavy (non-hydrogen) atoms. The molecule has 98 valence electrons. The van der Waals surface area contributed by atoms with Crippen LogP contribution >= 0.6 is 0 Å². The van der Waals surface area contributed by atoms with Crippen LogP contribution in [0.2, 0.25) is 0 Å². The van der Waals surface area contributed by atoms with Crippen LogP contribution in [0.25, 0.3) is 0 Å². The Morgan fingerprint density at radius 3 is 2.44 bits per heavy atom. The van der Waals surface area contributed by atoms with E-state index in [9.17, 15) is 8.42 Å². The van der Waals surface area contributed by atoms with Gasteiger partial charge in [-0.1, -0.05) is 0 Å². The second-order valence-electron chi connectivity index (χ2n) is 3.90. The molecular formula is C11H16N4O2S. The van der Waals surface area contributed by atoms with Gasteiger partial charge in [-0.25, -0.2) is 8.42 Å². The first-order valence-corrected chi connectivity index (χ1v) is 6.79. The second kappa shape index (κ2) is 5.82. The number of nitrogens with two attached hydrogens (primary N) is 1. The van der Waals surface area contributed by atoms with E-state index in [4.69, 9.17) is 11.1 Å². The van der Waals surface area contributed by atoms with Crippen molar-refractivity contribution in [3.63, 3.8) is 0 Å². The van der Waals surface area contributed by atoms with Gasteiger partial charge in [0.25, 0.3) is 0 Å². The maximum Gasteiger partial charge on any atom is 0.243 e. The molecule has 0 heterocycles. The highest BCUT2D eigenvalue weighted by Gasteiger charge is 2.24. The minimum atomic E-state index is -3.57. The first-order valence-electron chi connectivity index (χ1n) is 5.35. The van der Waals surface area contributed by atoms with E-state index < -0.39 is 10.0 Å². The van der Waals surface area contributed by atoms with Gasteiger partial charge in [0.2, 0.25) is 10.0 Å². The lowest BCUT2D eigenvalue weighted by Crippen LogP contribution is -2.34. The molecule has 0 aliphatic heterocycles. The molecule has 6 nitrogen and oxygen atoms in total. The molecule has 7 heteroatoms. The van der Waals surface area contributed by atoms with Crippen molar-refractivity contribution in [2.45, 2.75) is 24.3 Å². The number of hydrogen-bond donors (Lipinski definition) is 2. The van der Waals surface area contributed by atoms with E-state index in [0.717, 1.165) is 0 Å². The molecule has 0 bridgehead atoms. The lowest BCUT2D eigenvalue weighted by molar-refractivity contribution is 0.393. The van der Waals surface area contributed by atoms with Crippen LogP contribution in [-0.4, -0.2) is 25.8 Å². The summed E-state index contributed by atoms with van der Waals surface area (Å²) in [5, 5.41) is 8.60. The van der Waals surface area contributed by atoms with E-state index in [-0.39, 0.29) is 17.4 Å². The lowest BCUT2D eigenvalue weighted by atomic mass is 10.3. The van der Waals surface area contributed by atoms with E-state index in [1.54, 1.807) is 19.1 Å². The number of nitriles is 1. The van der Waals surface area contributed by atoms with Crippen LogP contribution in [-0.2, 0) is 10.0 Å². The second-order valence-corrected chi connectivity index (χ2v) is 5.90. The molecule has 1 unspecified atom stereocenters. The summed E-state index contributed by atoms with van der Waals surface area (Å²) in [6.45, 7) is 1.69. The summed E-state index contributed by atoms with van der Waals surface area (Å²) in [6.07, 6.45) is 0.151. The van der Waals surface area contributed by atoms with E-state index in [0.29, 0.717) is 5.69 Å². The summed E-state index contributed by atoms with van der Waals surface area (Å²) in [6, 6.07) is 7.69. The summed E-state index contributed by atoms with van der Waals surface area (Å²) in [5.41, 5.74) is 3.05. The zero-order chi connectivity index (χ0) is 13.8. The average molecular weight is 268 g/mol. The standard InChI is InChI=1S/C11H16N4O2S/c1-9(7-8-12)15(2)18(16,17)11-5-3-10(14-13)4-6-11/h3-6,9,14H,7,13H2,1-2H3. The summed E-state index contributed by atoms with van der Waals surface area (Å²) >= 11 is 0. The Morgan fingerprint density at radius 2 is 2.00 bits per heavy atom. The van der Waals surface area contributed by atoms with Crippen molar-refractivity contribution in [1.82, 2.24) is 4.31 Å². The van der Waals surface area contributed by atoms with Crippen LogP contribution in [0.1, 0.15) is 13.3 Å². The fraction of sp³-hybridized carbons (Fsp3) is 0.364. The van der Waals surface area contributed by atoms with Gasteiger partial charge in [-0.2, -0.15) is 9.57 Å². The molecule has 0 radical (unpaired) electrons. The van der Waals surface area contributed by atoms with E-state index in [2.05, 4.69) is 5.43 Å². The molecule has 3 N–H and O–H groups in total. The third-order valence-corrected chi connectivity index (χ3v) is 4.69. The lowest BCUT2D eigenvalue weighted by Gasteiger charge is -2.22. The number of sulfonamides is 1. The van der Waals surface area contributed by atoms with Gasteiger partial charge in [0, 0.05) is 18.8 Å². The van der Waals surface area contributed by atoms with Crippen LogP contribution in [0.15, 0.2) is 29.2 Å². The molecule has 1 atom stereocenters. The van der Waals surface area contributed by atoms with Gasteiger partial charge in [0.05, 0.1) is 17.4 Å². The Balaban J connectivity index is 3.02. The van der Waals surface area contributed by atoms with Crippen molar-refractivity contribution in [1.29, 1.82) is 5.26 Å². The predicted octanol–water partition coefficient (Wildman–Crippen LogP) is 0.895. The van der Waals surface area contributed by atoms with Crippen molar-refractivity contribution in [2.75, 3.05) is 12.5 Å². The minimum Gasteiger partial charge on any atom is -0.324 e. The highest BCUT2D eigenvalue weighted by molar-refractivity contribution is 7.89. The Labute approximate surface area is 107 Å². The van der Waals surface area contributed by atoms with Crippen molar-refractivity contribution < 1.29 is 8.42 Å². The number of nitrogens with zero attached hydrogens (tertiary/aromatic N) is 2. The highest BCUT2D eigenvalue weighted by atomic mass is 32.2. The fourth-order valence-electron chi connectivity index (χ4n) is 1.39. The van der Waals surface area contributed by atoms with Gasteiger partial charge in [-0.15, -0.1) is 0 Å². The molecule has 0 aliphatic rings. The Morgan fingerprint density at radius 1 is 1.44 bits per heavy atom. The Hall–Kier alpha value is -1.62. The minimum absolute atomic E-state index is 0.151. The first kappa shape index (κ1) is 14.4. The van der Waals surface area contributed by atoms with Gasteiger partial charge in [-0.05, 0) is 31.2 Å². The summed E-state index contributed by atoms with van der Waals surface area (Å²) < 4.78 is 25.6. The number of nitrogen functional groups attached to an aromatic ring is 1. The highest BCUT2D eigenvalue weighted by Crippen LogP contribution is 2.19. The first-order chi connectivity index (χ1) is 8.43. The Bertz CT molecular complexity index is 533. The van der Waals surface area contributed by atoms with Crippen molar-refractivity contribution in [3.05, 3.63) is 24.3 Å². The molecule has 0 amide bonds. The van der Waals surface area contributed by atoms with Crippen LogP contribution in [0, 0.1) is 11.3 Å². The third-order valence-electron chi connectivity index (χ3n) is 2.71. The van der Waals surface area contributed by atoms with Gasteiger partial charge in [0.1, 0.15) is 0 Å². The fourth-order valence-corrected chi connectivity index (χ4v) is 2.75. The maximum absolute atomic E-state index is 12.2. The average Bonchev–Trinajstić information content (AvgIpc) is 2.38. The van der Waals surface area contributed by atoms with Crippen LogP contribution < -0.4 is 11.3 Å². The largest absolute Gasteiger partial charge is 0.324 e. The smallest absolute Gasteiger partial charge is 0.243 e. The zero-order valence-electron chi connectivity index (χ0n) is 10.3. The normalized spacial score (nSPS) is 13.1. The van der Waals surface area contributed by atoms with E-state index in [1.807, 2.05) is 6.07 Å². The van der Waals surface area contributed by atoms with Crippen molar-refractivity contribution in [3.8, 4) is 6.07 Å². The number of anilines is 1. The SMILES string of the molecule is CC(CC#N)N(C)S(=O)(=O)c1ccc(NN)cc1. The molecule has 0 saturated carbocycles. The van der Waals surface area contributed by atoms with Gasteiger partial charge in [-0.3, -0.25) is 5.84 Å². The zero-order valence-corrected chi connectivity index (χ0v) is 11.1. The van der Waals surface area contributed by atoms with E-state index >= 15 is 0 Å². The van der Waals surface area contributed by atoms with Crippen molar-refractivity contribution in [2.24, 2.45) is 5.84 Å². The summed E-state index contributed by atoms with van der Waals surface area (Å²) in [4.78, 5) is 0.175. The van der Waals surface area contributed by atoms with Crippen LogP contribution in [0.5, 0.6) is 0 Å². The number of hydrogen-bond acceptors (Lipinski definition) is 5. The number of nitrogens with one attached hydrogen (secondary N) is 1. The van der Waals surface area contributed by atoms with Gasteiger partial charge < -0.3 is 5.43 Å². The molecule has 0 fully saturated rings. The number of hydrazine groups is 1. The third kappa shape index (κ3) is 2.98. The summed E-state index contributed by atoms with van der Waals surface area (Å²) in [5.74, 6) is 5.21. The monoisotopic (exact) mass is 268 g/mol. The van der Waals surface area contributed by atoms with Gasteiger partial charge >= 0.3 is 0 Å². The summed E-state index contributed by atoms with van der Waals surface area (Å²) in [7, 11) is -2.11. The molecule has 0 spiro atoms. The maximum atomic E-state index is 12.2. The quantitative estimate of drug-likeness (QED) is 0.610. The topological polar surface area (TPSA) is 99.2 Å². The predicted molar refractivity (Wildman–Crippen MR) is 68.9 cm³/mol. The van der Waals surface area contributed by atoms with Crippen LogP contribution in [0.4, 0.5) is 5.69 Å².